The van der Waals surface area contributed by atoms with Crippen molar-refractivity contribution in [2.24, 2.45) is 0 Å². The summed E-state index contributed by atoms with van der Waals surface area (Å²) in [6, 6.07) is -2.80. The first-order valence-electron chi connectivity index (χ1n) is 5.53. The SMILES string of the molecule is CN(N[C@@H](CCC(=O)O)C(=O)O)[C@H](CC(=O)O)C(=O)O. The number of aliphatic carboxylic acids is 4. The van der Waals surface area contributed by atoms with Crippen molar-refractivity contribution in [1.29, 1.82) is 0 Å². The van der Waals surface area contributed by atoms with Gasteiger partial charge in [0.05, 0.1) is 6.42 Å². The molecular weight excluding hydrogens is 276 g/mol. The second-order valence-electron chi connectivity index (χ2n) is 4.02. The molecule has 0 radical (unpaired) electrons. The number of carboxylic acid groups (broad SMARTS) is 4. The van der Waals surface area contributed by atoms with Gasteiger partial charge in [0.1, 0.15) is 12.1 Å². The number of hydrogen-bond acceptors (Lipinski definition) is 6. The van der Waals surface area contributed by atoms with E-state index >= 15 is 0 Å². The normalized spacial score (nSPS) is 13.7. The van der Waals surface area contributed by atoms with Gasteiger partial charge in [0, 0.05) is 13.5 Å². The Morgan fingerprint density at radius 3 is 1.90 bits per heavy atom. The molecule has 0 rings (SSSR count). The quantitative estimate of drug-likeness (QED) is 0.304. The third-order valence-corrected chi connectivity index (χ3v) is 2.42. The second-order valence-corrected chi connectivity index (χ2v) is 4.02. The Morgan fingerprint density at radius 1 is 1.00 bits per heavy atom. The number of nitrogens with zero attached hydrogens (tertiary/aromatic N) is 1. The van der Waals surface area contributed by atoms with Gasteiger partial charge in [-0.05, 0) is 6.42 Å². The Labute approximate surface area is 113 Å². The molecule has 5 N–H and O–H groups in total. The summed E-state index contributed by atoms with van der Waals surface area (Å²) in [7, 11) is 1.18. The highest BCUT2D eigenvalue weighted by molar-refractivity contribution is 5.80. The van der Waals surface area contributed by atoms with Crippen molar-refractivity contribution in [3.63, 3.8) is 0 Å². The summed E-state index contributed by atoms with van der Waals surface area (Å²) in [5, 5.41) is 35.7. The third-order valence-electron chi connectivity index (χ3n) is 2.42. The molecule has 0 saturated carbocycles. The molecule has 10 heteroatoms. The number of hydrogen-bond donors (Lipinski definition) is 5. The predicted molar refractivity (Wildman–Crippen MR) is 62.9 cm³/mol. The molecule has 10 nitrogen and oxygen atoms in total. The van der Waals surface area contributed by atoms with E-state index in [9.17, 15) is 19.2 Å². The molecule has 0 aromatic heterocycles. The van der Waals surface area contributed by atoms with Crippen molar-refractivity contribution < 1.29 is 39.6 Å². The van der Waals surface area contributed by atoms with Crippen LogP contribution >= 0.6 is 0 Å². The molecule has 0 saturated heterocycles. The van der Waals surface area contributed by atoms with Crippen molar-refractivity contribution in [1.82, 2.24) is 10.4 Å². The van der Waals surface area contributed by atoms with Gasteiger partial charge in [-0.15, -0.1) is 0 Å². The smallest absolute Gasteiger partial charge is 0.322 e. The summed E-state index contributed by atoms with van der Waals surface area (Å²) < 4.78 is 0. The van der Waals surface area contributed by atoms with Crippen LogP contribution in [0.3, 0.4) is 0 Å². The summed E-state index contributed by atoms with van der Waals surface area (Å²) in [4.78, 5) is 42.8. The molecule has 0 spiro atoms. The van der Waals surface area contributed by atoms with Gasteiger partial charge in [0.25, 0.3) is 0 Å². The van der Waals surface area contributed by atoms with Crippen LogP contribution in [0.15, 0.2) is 0 Å². The fourth-order valence-electron chi connectivity index (χ4n) is 1.40. The molecule has 0 aromatic rings. The standard InChI is InChI=1S/C10H16N2O8/c1-12(6(10(19)20)4-8(15)16)11-5(9(17)18)2-3-7(13)14/h5-6,11H,2-4H2,1H3,(H,13,14)(H,15,16)(H,17,18)(H,19,20)/t5-,6+/m0/s1. The Bertz CT molecular complexity index is 397. The molecule has 0 unspecified atom stereocenters. The Morgan fingerprint density at radius 2 is 1.55 bits per heavy atom. The lowest BCUT2D eigenvalue weighted by Gasteiger charge is -2.27. The van der Waals surface area contributed by atoms with Crippen LogP contribution in [0, 0.1) is 0 Å². The van der Waals surface area contributed by atoms with E-state index in [0.717, 1.165) is 5.01 Å². The van der Waals surface area contributed by atoms with Crippen molar-refractivity contribution in [2.75, 3.05) is 7.05 Å². The van der Waals surface area contributed by atoms with Gasteiger partial charge in [0.15, 0.2) is 0 Å². The third kappa shape index (κ3) is 6.66. The zero-order valence-electron chi connectivity index (χ0n) is 10.6. The van der Waals surface area contributed by atoms with Crippen LogP contribution in [0.1, 0.15) is 19.3 Å². The summed E-state index contributed by atoms with van der Waals surface area (Å²) in [6.45, 7) is 0. The van der Waals surface area contributed by atoms with Crippen LogP contribution in [0.5, 0.6) is 0 Å². The molecule has 114 valence electrons. The molecule has 0 aliphatic heterocycles. The summed E-state index contributed by atoms with van der Waals surface area (Å²) in [5.41, 5.74) is 2.28. The fourth-order valence-corrected chi connectivity index (χ4v) is 1.40. The highest BCUT2D eigenvalue weighted by atomic mass is 16.4. The maximum absolute atomic E-state index is 10.9. The van der Waals surface area contributed by atoms with Crippen molar-refractivity contribution in [2.45, 2.75) is 31.3 Å². The topological polar surface area (TPSA) is 164 Å². The highest BCUT2D eigenvalue weighted by Gasteiger charge is 2.29. The van der Waals surface area contributed by atoms with Gasteiger partial charge < -0.3 is 20.4 Å². The molecule has 0 amide bonds. The van der Waals surface area contributed by atoms with Crippen LogP contribution in [0.2, 0.25) is 0 Å². The Hall–Kier alpha value is -2.20. The lowest BCUT2D eigenvalue weighted by atomic mass is 10.1. The Kier molecular flexibility index (Phi) is 7.18. The van der Waals surface area contributed by atoms with Crippen LogP contribution in [0.25, 0.3) is 0 Å². The van der Waals surface area contributed by atoms with Crippen molar-refractivity contribution in [3.05, 3.63) is 0 Å². The van der Waals surface area contributed by atoms with Gasteiger partial charge in [-0.3, -0.25) is 19.2 Å². The van der Waals surface area contributed by atoms with E-state index in [-0.39, 0.29) is 6.42 Å². The minimum absolute atomic E-state index is 0.269. The van der Waals surface area contributed by atoms with Crippen LogP contribution < -0.4 is 5.43 Å². The van der Waals surface area contributed by atoms with E-state index in [2.05, 4.69) is 5.43 Å². The first-order chi connectivity index (χ1) is 9.15. The van der Waals surface area contributed by atoms with E-state index in [1.54, 1.807) is 0 Å². The molecule has 2 atom stereocenters. The first kappa shape index (κ1) is 17.8. The predicted octanol–water partition coefficient (Wildman–Crippen LogP) is -1.33. The van der Waals surface area contributed by atoms with Gasteiger partial charge in [-0.2, -0.15) is 0 Å². The number of rotatable bonds is 10. The maximum atomic E-state index is 10.9. The van der Waals surface area contributed by atoms with Gasteiger partial charge in [0.2, 0.25) is 0 Å². The molecule has 0 aromatic carbocycles. The van der Waals surface area contributed by atoms with Crippen LogP contribution in [-0.2, 0) is 19.2 Å². The number of nitrogens with one attached hydrogen (secondary N) is 1. The highest BCUT2D eigenvalue weighted by Crippen LogP contribution is 2.04. The van der Waals surface area contributed by atoms with Crippen LogP contribution in [-0.4, -0.2) is 68.4 Å². The molecule has 20 heavy (non-hydrogen) atoms. The lowest BCUT2D eigenvalue weighted by molar-refractivity contribution is -0.152. The Balaban J connectivity index is 4.73. The molecule has 0 bridgehead atoms. The van der Waals surface area contributed by atoms with Gasteiger partial charge in [-0.25, -0.2) is 10.4 Å². The van der Waals surface area contributed by atoms with Gasteiger partial charge >= 0.3 is 23.9 Å². The summed E-state index contributed by atoms with van der Waals surface area (Å²) >= 11 is 0. The number of carboxylic acids is 4. The molecular formula is C10H16N2O8. The maximum Gasteiger partial charge on any atom is 0.322 e. The minimum Gasteiger partial charge on any atom is -0.481 e. The minimum atomic E-state index is -1.47. The molecule has 0 fully saturated rings. The van der Waals surface area contributed by atoms with E-state index in [4.69, 9.17) is 20.4 Å². The summed E-state index contributed by atoms with van der Waals surface area (Å²) in [6.07, 6.45) is -1.42. The summed E-state index contributed by atoms with van der Waals surface area (Å²) in [5.74, 6) is -5.35. The van der Waals surface area contributed by atoms with E-state index in [1.807, 2.05) is 0 Å². The van der Waals surface area contributed by atoms with E-state index in [0.29, 0.717) is 0 Å². The zero-order chi connectivity index (χ0) is 15.9. The molecule has 0 heterocycles. The average Bonchev–Trinajstić information content (AvgIpc) is 2.29. The first-order valence-corrected chi connectivity index (χ1v) is 5.53. The monoisotopic (exact) mass is 292 g/mol. The van der Waals surface area contributed by atoms with Crippen molar-refractivity contribution in [3.8, 4) is 0 Å². The number of likely N-dealkylation sites (N-methyl/N-ethyl adjacent to an activating group) is 1. The van der Waals surface area contributed by atoms with Gasteiger partial charge in [-0.1, -0.05) is 0 Å². The molecule has 0 aliphatic rings. The number of carbonyl (C=O) groups is 4. The lowest BCUT2D eigenvalue weighted by Crippen LogP contribution is -2.54. The van der Waals surface area contributed by atoms with E-state index in [1.165, 1.54) is 7.05 Å². The van der Waals surface area contributed by atoms with Crippen LogP contribution in [0.4, 0.5) is 0 Å². The second kappa shape index (κ2) is 8.07. The zero-order valence-corrected chi connectivity index (χ0v) is 10.6. The van der Waals surface area contributed by atoms with Crippen molar-refractivity contribution >= 4 is 23.9 Å². The number of hydrazine groups is 1. The largest absolute Gasteiger partial charge is 0.481 e. The fraction of sp³-hybridized carbons (Fsp3) is 0.600. The average molecular weight is 292 g/mol. The van der Waals surface area contributed by atoms with E-state index < -0.39 is 48.8 Å². The molecule has 0 aliphatic carbocycles.